The van der Waals surface area contributed by atoms with Gasteiger partial charge in [0, 0.05) is 17.4 Å². The number of aryl methyl sites for hydroxylation is 2. The number of ether oxygens (including phenoxy) is 1. The number of hydrogen-bond acceptors (Lipinski definition) is 3. The number of para-hydroxylation sites is 2. The van der Waals surface area contributed by atoms with E-state index in [4.69, 9.17) is 9.84 Å². The summed E-state index contributed by atoms with van der Waals surface area (Å²) in [6.07, 6.45) is 2.81. The number of aromatic nitrogens is 3. The van der Waals surface area contributed by atoms with Crippen molar-refractivity contribution in [1.82, 2.24) is 19.2 Å². The van der Waals surface area contributed by atoms with E-state index in [0.29, 0.717) is 6.54 Å². The number of amides is 2. The van der Waals surface area contributed by atoms with Gasteiger partial charge >= 0.3 is 6.03 Å². The first-order valence-corrected chi connectivity index (χ1v) is 13.2. The fourth-order valence-electron chi connectivity index (χ4n) is 5.39. The van der Waals surface area contributed by atoms with Crippen molar-refractivity contribution in [2.45, 2.75) is 32.9 Å². The molecule has 7 heteroatoms. The van der Waals surface area contributed by atoms with Crippen LogP contribution in [0.1, 0.15) is 41.0 Å². The number of rotatable bonds is 5. The van der Waals surface area contributed by atoms with Crippen LogP contribution in [0.4, 0.5) is 10.5 Å². The highest BCUT2D eigenvalue weighted by Gasteiger charge is 2.36. The van der Waals surface area contributed by atoms with Crippen LogP contribution in [-0.2, 0) is 13.0 Å². The second kappa shape index (κ2) is 10.2. The molecule has 5 aromatic rings. The van der Waals surface area contributed by atoms with Gasteiger partial charge in [-0.3, -0.25) is 0 Å². The zero-order chi connectivity index (χ0) is 26.9. The van der Waals surface area contributed by atoms with Crippen molar-refractivity contribution in [3.63, 3.8) is 0 Å². The molecule has 1 N–H and O–H groups in total. The van der Waals surface area contributed by atoms with Gasteiger partial charge in [-0.05, 0) is 66.9 Å². The fourth-order valence-corrected chi connectivity index (χ4v) is 5.39. The molecule has 2 amide bonds. The first-order valence-electron chi connectivity index (χ1n) is 13.2. The Labute approximate surface area is 228 Å². The molecule has 2 aromatic heterocycles. The number of benzene rings is 3. The lowest BCUT2D eigenvalue weighted by Crippen LogP contribution is -2.38. The Kier molecular flexibility index (Phi) is 6.40. The van der Waals surface area contributed by atoms with Crippen molar-refractivity contribution in [2.75, 3.05) is 12.4 Å². The monoisotopic (exact) mass is 517 g/mol. The largest absolute Gasteiger partial charge is 0.497 e. The summed E-state index contributed by atoms with van der Waals surface area (Å²) in [4.78, 5) is 16.1. The van der Waals surface area contributed by atoms with E-state index in [-0.39, 0.29) is 12.1 Å². The van der Waals surface area contributed by atoms with E-state index in [9.17, 15) is 4.79 Å². The molecule has 196 valence electrons. The van der Waals surface area contributed by atoms with Gasteiger partial charge in [-0.1, -0.05) is 55.5 Å². The van der Waals surface area contributed by atoms with Gasteiger partial charge in [0.15, 0.2) is 0 Å². The Balaban J connectivity index is 1.55. The molecule has 39 heavy (non-hydrogen) atoms. The zero-order valence-corrected chi connectivity index (χ0v) is 22.3. The van der Waals surface area contributed by atoms with Crippen LogP contribution in [0.3, 0.4) is 0 Å². The van der Waals surface area contributed by atoms with E-state index in [1.165, 1.54) is 0 Å². The summed E-state index contributed by atoms with van der Waals surface area (Å²) in [6.45, 7) is 4.51. The fraction of sp³-hybridized carbons (Fsp3) is 0.188. The summed E-state index contributed by atoms with van der Waals surface area (Å²) in [5.74, 6) is 1.73. The first-order chi connectivity index (χ1) is 19.1. The second-order valence-electron chi connectivity index (χ2n) is 9.70. The maximum atomic E-state index is 14.2. The summed E-state index contributed by atoms with van der Waals surface area (Å²) >= 11 is 0. The van der Waals surface area contributed by atoms with Crippen molar-refractivity contribution in [3.05, 3.63) is 125 Å². The minimum atomic E-state index is -0.337. The van der Waals surface area contributed by atoms with E-state index in [0.717, 1.165) is 57.4 Å². The van der Waals surface area contributed by atoms with E-state index in [1.54, 1.807) is 7.11 Å². The number of carbonyl (C=O) groups is 1. The van der Waals surface area contributed by atoms with Crippen molar-refractivity contribution in [2.24, 2.45) is 0 Å². The topological polar surface area (TPSA) is 64.3 Å². The molecule has 0 saturated heterocycles. The Morgan fingerprint density at radius 2 is 1.72 bits per heavy atom. The van der Waals surface area contributed by atoms with Crippen LogP contribution >= 0.6 is 0 Å². The standard InChI is InChI=1S/C32H31N5O2/c1-4-27-26-21-36(32(38)33-28-14-9-8-11-22(28)2)30(23-16-18-25(39-3)19-17-23)29-15-10-20-35(29)31(26)37(34-27)24-12-6-5-7-13-24/h5-20,30H,4,21H2,1-3H3,(H,33,38)/t30-/m0/s1. The highest BCUT2D eigenvalue weighted by atomic mass is 16.5. The molecule has 0 spiro atoms. The van der Waals surface area contributed by atoms with Crippen LogP contribution in [-0.4, -0.2) is 32.4 Å². The molecule has 6 rings (SSSR count). The highest BCUT2D eigenvalue weighted by Crippen LogP contribution is 2.39. The normalized spacial score (nSPS) is 14.3. The van der Waals surface area contributed by atoms with Gasteiger partial charge < -0.3 is 19.5 Å². The third kappa shape index (κ3) is 4.36. The number of methoxy groups -OCH3 is 1. The molecule has 3 heterocycles. The number of carbonyl (C=O) groups excluding carboxylic acids is 1. The highest BCUT2D eigenvalue weighted by molar-refractivity contribution is 5.91. The van der Waals surface area contributed by atoms with Crippen LogP contribution in [0.5, 0.6) is 5.75 Å². The number of fused-ring (bicyclic) bond motifs is 3. The molecule has 0 saturated carbocycles. The van der Waals surface area contributed by atoms with Gasteiger partial charge in [0.25, 0.3) is 0 Å². The molecule has 1 aliphatic rings. The maximum Gasteiger partial charge on any atom is 0.322 e. The average Bonchev–Trinajstić information content (AvgIpc) is 3.56. The number of nitrogens with zero attached hydrogens (tertiary/aromatic N) is 4. The molecule has 7 nitrogen and oxygen atoms in total. The molecule has 1 atom stereocenters. The summed E-state index contributed by atoms with van der Waals surface area (Å²) in [7, 11) is 1.66. The number of urea groups is 1. The van der Waals surface area contributed by atoms with Gasteiger partial charge in [-0.25, -0.2) is 9.48 Å². The van der Waals surface area contributed by atoms with Crippen LogP contribution in [0.2, 0.25) is 0 Å². The van der Waals surface area contributed by atoms with Gasteiger partial charge in [-0.2, -0.15) is 5.10 Å². The van der Waals surface area contributed by atoms with Gasteiger partial charge in [0.2, 0.25) is 0 Å². The Morgan fingerprint density at radius 3 is 2.44 bits per heavy atom. The Hall–Kier alpha value is -4.78. The molecule has 1 aliphatic heterocycles. The van der Waals surface area contributed by atoms with E-state index in [1.807, 2.05) is 89.3 Å². The zero-order valence-electron chi connectivity index (χ0n) is 22.3. The lowest BCUT2D eigenvalue weighted by Gasteiger charge is -2.31. The van der Waals surface area contributed by atoms with Crippen LogP contribution in [0.25, 0.3) is 11.5 Å². The van der Waals surface area contributed by atoms with Crippen molar-refractivity contribution in [3.8, 4) is 17.3 Å². The number of hydrogen-bond donors (Lipinski definition) is 1. The van der Waals surface area contributed by atoms with Crippen molar-refractivity contribution in [1.29, 1.82) is 0 Å². The van der Waals surface area contributed by atoms with Crippen LogP contribution in [0, 0.1) is 6.92 Å². The van der Waals surface area contributed by atoms with Crippen LogP contribution in [0.15, 0.2) is 97.2 Å². The molecule has 0 fully saturated rings. The van der Waals surface area contributed by atoms with E-state index < -0.39 is 0 Å². The van der Waals surface area contributed by atoms with Crippen molar-refractivity contribution >= 4 is 11.7 Å². The van der Waals surface area contributed by atoms with Crippen LogP contribution < -0.4 is 10.1 Å². The lowest BCUT2D eigenvalue weighted by atomic mass is 10.0. The minimum Gasteiger partial charge on any atom is -0.497 e. The first kappa shape index (κ1) is 24.6. The van der Waals surface area contributed by atoms with E-state index in [2.05, 4.69) is 41.2 Å². The third-order valence-corrected chi connectivity index (χ3v) is 7.38. The summed E-state index contributed by atoms with van der Waals surface area (Å²) in [6, 6.07) is 29.6. The molecular formula is C32H31N5O2. The molecule has 0 aliphatic carbocycles. The molecular weight excluding hydrogens is 486 g/mol. The molecule has 0 unspecified atom stereocenters. The van der Waals surface area contributed by atoms with Gasteiger partial charge in [0.1, 0.15) is 11.6 Å². The Morgan fingerprint density at radius 1 is 0.974 bits per heavy atom. The van der Waals surface area contributed by atoms with Crippen molar-refractivity contribution < 1.29 is 9.53 Å². The average molecular weight is 518 g/mol. The summed E-state index contributed by atoms with van der Waals surface area (Å²) in [5.41, 5.74) is 6.78. The van der Waals surface area contributed by atoms with Gasteiger partial charge in [-0.15, -0.1) is 0 Å². The molecule has 3 aromatic carbocycles. The predicted octanol–water partition coefficient (Wildman–Crippen LogP) is 6.68. The number of anilines is 1. The second-order valence-corrected chi connectivity index (χ2v) is 9.70. The summed E-state index contributed by atoms with van der Waals surface area (Å²) in [5, 5.41) is 8.22. The quantitative estimate of drug-likeness (QED) is 0.283. The maximum absolute atomic E-state index is 14.2. The van der Waals surface area contributed by atoms with E-state index >= 15 is 0 Å². The SMILES string of the molecule is CCc1nn(-c2ccccc2)c2c1CN(C(=O)Nc1ccccc1C)[C@@H](c1ccc(OC)cc1)c1cccn1-2. The number of nitrogens with one attached hydrogen (secondary N) is 1. The molecule has 0 bridgehead atoms. The Bertz CT molecular complexity index is 1620. The predicted molar refractivity (Wildman–Crippen MR) is 153 cm³/mol. The smallest absolute Gasteiger partial charge is 0.322 e. The lowest BCUT2D eigenvalue weighted by molar-refractivity contribution is 0.194. The third-order valence-electron chi connectivity index (χ3n) is 7.38. The summed E-state index contributed by atoms with van der Waals surface area (Å²) < 4.78 is 9.62. The molecule has 0 radical (unpaired) electrons. The van der Waals surface area contributed by atoms with Gasteiger partial charge in [0.05, 0.1) is 36.8 Å². The minimum absolute atomic E-state index is 0.166.